The summed E-state index contributed by atoms with van der Waals surface area (Å²) in [4.78, 5) is 13.4. The lowest BCUT2D eigenvalue weighted by Gasteiger charge is -2.24. The molecule has 3 nitrogen and oxygen atoms in total. The molecule has 3 heteroatoms. The van der Waals surface area contributed by atoms with Gasteiger partial charge in [-0.2, -0.15) is 0 Å². The van der Waals surface area contributed by atoms with Crippen LogP contribution in [-0.4, -0.2) is 29.1 Å². The largest absolute Gasteiger partial charge is 0.481 e. The average Bonchev–Trinajstić information content (AvgIpc) is 2.80. The molecule has 104 valence electrons. The Hall–Kier alpha value is -1.35. The van der Waals surface area contributed by atoms with Crippen molar-refractivity contribution in [1.82, 2.24) is 4.90 Å². The lowest BCUT2D eigenvalue weighted by atomic mass is 9.81. The predicted molar refractivity (Wildman–Crippen MR) is 76.2 cm³/mol. The minimum Gasteiger partial charge on any atom is -0.481 e. The zero-order chi connectivity index (χ0) is 13.9. The van der Waals surface area contributed by atoms with Crippen molar-refractivity contribution in [2.45, 2.75) is 45.1 Å². The van der Waals surface area contributed by atoms with E-state index in [2.05, 4.69) is 17.0 Å². The van der Waals surface area contributed by atoms with E-state index in [0.717, 1.165) is 12.1 Å². The maximum atomic E-state index is 10.9. The highest BCUT2D eigenvalue weighted by molar-refractivity contribution is 5.68. The summed E-state index contributed by atoms with van der Waals surface area (Å²) in [5.74, 6) is -0.741. The molecule has 0 spiro atoms. The molecule has 1 fully saturated rings. The van der Waals surface area contributed by atoms with Gasteiger partial charge >= 0.3 is 5.97 Å². The number of carboxylic acid groups (broad SMARTS) is 1. The normalized spacial score (nSPS) is 16.7. The molecule has 0 amide bonds. The van der Waals surface area contributed by atoms with Crippen molar-refractivity contribution >= 4 is 5.97 Å². The first-order valence-electron chi connectivity index (χ1n) is 7.01. The number of hydrogen-bond acceptors (Lipinski definition) is 2. The Morgan fingerprint density at radius 3 is 2.63 bits per heavy atom. The first-order valence-corrected chi connectivity index (χ1v) is 7.01. The highest BCUT2D eigenvalue weighted by Gasteiger charge is 2.24. The van der Waals surface area contributed by atoms with Crippen molar-refractivity contribution in [2.75, 3.05) is 13.1 Å². The van der Waals surface area contributed by atoms with Crippen LogP contribution in [0.25, 0.3) is 0 Å². The highest BCUT2D eigenvalue weighted by atomic mass is 16.4. The molecule has 0 saturated carbocycles. The Labute approximate surface area is 115 Å². The first-order chi connectivity index (χ1) is 8.97. The van der Waals surface area contributed by atoms with Crippen LogP contribution in [0.3, 0.4) is 0 Å². The van der Waals surface area contributed by atoms with Crippen LogP contribution in [0.5, 0.6) is 0 Å². The zero-order valence-corrected chi connectivity index (χ0v) is 11.9. The molecular formula is C16H23NO2. The van der Waals surface area contributed by atoms with Gasteiger partial charge in [0.05, 0.1) is 6.42 Å². The van der Waals surface area contributed by atoms with Crippen LogP contribution in [0.2, 0.25) is 0 Å². The van der Waals surface area contributed by atoms with Gasteiger partial charge in [0.1, 0.15) is 0 Å². The van der Waals surface area contributed by atoms with Crippen LogP contribution < -0.4 is 0 Å². The first kappa shape index (κ1) is 14.1. The molecule has 1 saturated heterocycles. The molecule has 0 aromatic heterocycles. The maximum Gasteiger partial charge on any atom is 0.304 e. The highest BCUT2D eigenvalue weighted by Crippen LogP contribution is 2.28. The topological polar surface area (TPSA) is 40.5 Å². The summed E-state index contributed by atoms with van der Waals surface area (Å²) >= 11 is 0. The van der Waals surface area contributed by atoms with E-state index < -0.39 is 5.97 Å². The van der Waals surface area contributed by atoms with Crippen LogP contribution in [-0.2, 0) is 16.8 Å². The van der Waals surface area contributed by atoms with Crippen molar-refractivity contribution in [3.8, 4) is 0 Å². The summed E-state index contributed by atoms with van der Waals surface area (Å²) in [5.41, 5.74) is 2.09. The van der Waals surface area contributed by atoms with Gasteiger partial charge in [0.15, 0.2) is 0 Å². The number of carbonyl (C=O) groups is 1. The van der Waals surface area contributed by atoms with Gasteiger partial charge < -0.3 is 5.11 Å². The lowest BCUT2D eigenvalue weighted by molar-refractivity contribution is -0.138. The Bertz CT molecular complexity index is 448. The van der Waals surface area contributed by atoms with Crippen molar-refractivity contribution in [2.24, 2.45) is 0 Å². The monoisotopic (exact) mass is 261 g/mol. The number of benzene rings is 1. The van der Waals surface area contributed by atoms with E-state index in [1.54, 1.807) is 0 Å². The van der Waals surface area contributed by atoms with E-state index in [1.807, 2.05) is 26.0 Å². The third-order valence-electron chi connectivity index (χ3n) is 3.91. The van der Waals surface area contributed by atoms with E-state index in [0.29, 0.717) is 0 Å². The Balaban J connectivity index is 2.11. The molecule has 0 atom stereocenters. The molecule has 0 bridgehead atoms. The number of rotatable bonds is 5. The van der Waals surface area contributed by atoms with Crippen LogP contribution in [0.1, 0.15) is 44.2 Å². The lowest BCUT2D eigenvalue weighted by Crippen LogP contribution is -2.23. The Morgan fingerprint density at radius 2 is 2.00 bits per heavy atom. The van der Waals surface area contributed by atoms with Gasteiger partial charge in [-0.3, -0.25) is 9.69 Å². The zero-order valence-electron chi connectivity index (χ0n) is 11.9. The predicted octanol–water partition coefficient (Wildman–Crippen LogP) is 3.03. The van der Waals surface area contributed by atoms with Crippen molar-refractivity contribution < 1.29 is 9.90 Å². The smallest absolute Gasteiger partial charge is 0.304 e. The van der Waals surface area contributed by atoms with Gasteiger partial charge in [0.25, 0.3) is 0 Å². The van der Waals surface area contributed by atoms with Gasteiger partial charge in [-0.05, 0) is 37.1 Å². The van der Waals surface area contributed by atoms with Crippen molar-refractivity contribution in [3.05, 3.63) is 35.4 Å². The summed E-state index contributed by atoms with van der Waals surface area (Å²) < 4.78 is 0. The molecular weight excluding hydrogens is 238 g/mol. The molecule has 19 heavy (non-hydrogen) atoms. The molecule has 1 aliphatic heterocycles. The fourth-order valence-electron chi connectivity index (χ4n) is 2.77. The average molecular weight is 261 g/mol. The summed E-state index contributed by atoms with van der Waals surface area (Å²) in [6, 6.07) is 8.39. The van der Waals surface area contributed by atoms with Gasteiger partial charge in [0.2, 0.25) is 0 Å². The van der Waals surface area contributed by atoms with Crippen molar-refractivity contribution in [1.29, 1.82) is 0 Å². The van der Waals surface area contributed by atoms with E-state index in [9.17, 15) is 4.79 Å². The third-order valence-corrected chi connectivity index (χ3v) is 3.91. The van der Waals surface area contributed by atoms with Crippen LogP contribution in [0.4, 0.5) is 0 Å². The Kier molecular flexibility index (Phi) is 4.25. The molecule has 0 unspecified atom stereocenters. The van der Waals surface area contributed by atoms with E-state index in [-0.39, 0.29) is 11.8 Å². The summed E-state index contributed by atoms with van der Waals surface area (Å²) in [5, 5.41) is 9.00. The summed E-state index contributed by atoms with van der Waals surface area (Å²) in [6.45, 7) is 7.34. The van der Waals surface area contributed by atoms with Crippen molar-refractivity contribution in [3.63, 3.8) is 0 Å². The van der Waals surface area contributed by atoms with Gasteiger partial charge in [-0.15, -0.1) is 0 Å². The molecule has 1 aromatic rings. The number of carboxylic acids is 1. The molecule has 1 heterocycles. The standard InChI is InChI=1S/C16H23NO2/c1-16(2,11-15(18)19)14-7-5-6-13(10-14)12-17-8-3-4-9-17/h5-7,10H,3-4,8-9,11-12H2,1-2H3,(H,18,19). The van der Waals surface area contributed by atoms with Gasteiger partial charge in [-0.1, -0.05) is 38.1 Å². The third kappa shape index (κ3) is 3.80. The van der Waals surface area contributed by atoms with Crippen LogP contribution in [0, 0.1) is 0 Å². The van der Waals surface area contributed by atoms with E-state index >= 15 is 0 Å². The minimum absolute atomic E-state index is 0.167. The molecule has 1 N–H and O–H groups in total. The number of nitrogens with zero attached hydrogens (tertiary/aromatic N) is 1. The second-order valence-electron chi connectivity index (χ2n) is 6.14. The maximum absolute atomic E-state index is 10.9. The molecule has 0 aliphatic carbocycles. The summed E-state index contributed by atoms with van der Waals surface area (Å²) in [6.07, 6.45) is 2.76. The fourth-order valence-corrected chi connectivity index (χ4v) is 2.77. The molecule has 1 aliphatic rings. The minimum atomic E-state index is -0.741. The fraction of sp³-hybridized carbons (Fsp3) is 0.562. The number of likely N-dealkylation sites (tertiary alicyclic amines) is 1. The van der Waals surface area contributed by atoms with Gasteiger partial charge in [0, 0.05) is 12.0 Å². The van der Waals surface area contributed by atoms with E-state index in [1.165, 1.54) is 31.5 Å². The molecule has 2 rings (SSSR count). The summed E-state index contributed by atoms with van der Waals surface area (Å²) in [7, 11) is 0. The second-order valence-corrected chi connectivity index (χ2v) is 6.14. The molecule has 0 radical (unpaired) electrons. The number of hydrogen-bond donors (Lipinski definition) is 1. The number of aliphatic carboxylic acids is 1. The second kappa shape index (κ2) is 5.74. The molecule has 1 aromatic carbocycles. The SMILES string of the molecule is CC(C)(CC(=O)O)c1cccc(CN2CCCC2)c1. The van der Waals surface area contributed by atoms with Crippen LogP contribution >= 0.6 is 0 Å². The van der Waals surface area contributed by atoms with E-state index in [4.69, 9.17) is 5.11 Å². The quantitative estimate of drug-likeness (QED) is 0.885. The van der Waals surface area contributed by atoms with Crippen LogP contribution in [0.15, 0.2) is 24.3 Å². The van der Waals surface area contributed by atoms with Gasteiger partial charge in [-0.25, -0.2) is 0 Å². The Morgan fingerprint density at radius 1 is 1.32 bits per heavy atom.